The first kappa shape index (κ1) is 25.9. The Morgan fingerprint density at radius 1 is 0.938 bits per heavy atom. The maximum atomic E-state index is 12.4. The third kappa shape index (κ3) is 7.07. The van der Waals surface area contributed by atoms with Gasteiger partial charge in [0, 0.05) is 11.7 Å². The van der Waals surface area contributed by atoms with Crippen molar-refractivity contribution in [2.75, 3.05) is 11.9 Å². The van der Waals surface area contributed by atoms with Crippen LogP contribution in [0, 0.1) is 0 Å². The fourth-order valence-corrected chi connectivity index (χ4v) is 4.40. The molecule has 2 aromatic carbocycles. The maximum absolute atomic E-state index is 12.4. The number of rotatable bonds is 7. The largest absolute Gasteiger partial charge is 0.483 e. The van der Waals surface area contributed by atoms with Gasteiger partial charge in [0.1, 0.15) is 5.75 Å². The van der Waals surface area contributed by atoms with E-state index in [0.717, 1.165) is 5.56 Å². The van der Waals surface area contributed by atoms with Gasteiger partial charge in [-0.1, -0.05) is 53.7 Å². The molecule has 0 aliphatic heterocycles. The normalized spacial score (nSPS) is 12.7. The van der Waals surface area contributed by atoms with Crippen molar-refractivity contribution in [3.63, 3.8) is 0 Å². The van der Waals surface area contributed by atoms with Crippen LogP contribution in [-0.2, 0) is 25.6 Å². The summed E-state index contributed by atoms with van der Waals surface area (Å²) in [5, 5.41) is 2.75. The van der Waals surface area contributed by atoms with Crippen molar-refractivity contribution in [3.05, 3.63) is 53.6 Å². The second-order valence-electron chi connectivity index (χ2n) is 10.3. The average Bonchev–Trinajstić information content (AvgIpc) is 2.64. The van der Waals surface area contributed by atoms with Gasteiger partial charge in [0.05, 0.1) is 4.90 Å². The SMILES string of the molecule is CC(C)NS(=O)(=O)c1ccc(NC(=O)COc2ccc(C(C)(C)C)cc2C(C)(C)C)cc1. The minimum Gasteiger partial charge on any atom is -0.483 e. The molecule has 0 radical (unpaired) electrons. The van der Waals surface area contributed by atoms with Gasteiger partial charge >= 0.3 is 0 Å². The number of carbonyl (C=O) groups is 1. The predicted molar refractivity (Wildman–Crippen MR) is 130 cm³/mol. The molecule has 7 heteroatoms. The number of hydrogen-bond donors (Lipinski definition) is 2. The Morgan fingerprint density at radius 2 is 1.53 bits per heavy atom. The van der Waals surface area contributed by atoms with Crippen LogP contribution in [0.15, 0.2) is 47.4 Å². The number of anilines is 1. The van der Waals surface area contributed by atoms with Crippen molar-refractivity contribution in [2.24, 2.45) is 0 Å². The average molecular weight is 461 g/mol. The molecule has 0 bridgehead atoms. The summed E-state index contributed by atoms with van der Waals surface area (Å²) in [5.74, 6) is 0.363. The van der Waals surface area contributed by atoms with Gasteiger partial charge in [-0.25, -0.2) is 13.1 Å². The lowest BCUT2D eigenvalue weighted by molar-refractivity contribution is -0.118. The first-order chi connectivity index (χ1) is 14.6. The topological polar surface area (TPSA) is 84.5 Å². The number of carbonyl (C=O) groups excluding carboxylic acids is 1. The van der Waals surface area contributed by atoms with Crippen molar-refractivity contribution in [3.8, 4) is 5.75 Å². The molecule has 32 heavy (non-hydrogen) atoms. The monoisotopic (exact) mass is 460 g/mol. The van der Waals surface area contributed by atoms with Crippen LogP contribution in [0.1, 0.15) is 66.5 Å². The van der Waals surface area contributed by atoms with Crippen molar-refractivity contribution >= 4 is 21.6 Å². The number of amides is 1. The van der Waals surface area contributed by atoms with E-state index in [0.29, 0.717) is 11.4 Å². The molecule has 0 aromatic heterocycles. The Morgan fingerprint density at radius 3 is 2.03 bits per heavy atom. The van der Waals surface area contributed by atoms with Crippen molar-refractivity contribution in [1.82, 2.24) is 4.72 Å². The zero-order valence-corrected chi connectivity index (χ0v) is 21.2. The number of ether oxygens (including phenoxy) is 1. The highest BCUT2D eigenvalue weighted by Crippen LogP contribution is 2.35. The van der Waals surface area contributed by atoms with E-state index >= 15 is 0 Å². The lowest BCUT2D eigenvalue weighted by atomic mass is 9.80. The summed E-state index contributed by atoms with van der Waals surface area (Å²) in [6.07, 6.45) is 0. The summed E-state index contributed by atoms with van der Waals surface area (Å²) in [4.78, 5) is 12.6. The third-order valence-corrected chi connectivity index (χ3v) is 6.53. The molecular weight excluding hydrogens is 424 g/mol. The fraction of sp³-hybridized carbons (Fsp3) is 0.480. The highest BCUT2D eigenvalue weighted by molar-refractivity contribution is 7.89. The molecule has 0 spiro atoms. The van der Waals surface area contributed by atoms with Gasteiger partial charge in [0.2, 0.25) is 10.0 Å². The predicted octanol–water partition coefficient (Wildman–Crippen LogP) is 4.99. The van der Waals surface area contributed by atoms with Crippen LogP contribution in [0.2, 0.25) is 0 Å². The van der Waals surface area contributed by atoms with E-state index in [2.05, 4.69) is 57.6 Å². The lowest BCUT2D eigenvalue weighted by Gasteiger charge is -2.27. The van der Waals surface area contributed by atoms with Crippen LogP contribution in [-0.4, -0.2) is 27.0 Å². The van der Waals surface area contributed by atoms with Gasteiger partial charge in [-0.3, -0.25) is 4.79 Å². The molecule has 6 nitrogen and oxygen atoms in total. The van der Waals surface area contributed by atoms with Crippen molar-refractivity contribution in [1.29, 1.82) is 0 Å². The van der Waals surface area contributed by atoms with E-state index in [4.69, 9.17) is 4.74 Å². The second-order valence-corrected chi connectivity index (χ2v) is 12.1. The number of nitrogens with one attached hydrogen (secondary N) is 2. The molecule has 0 saturated carbocycles. The van der Waals surface area contributed by atoms with Gasteiger partial charge in [-0.15, -0.1) is 0 Å². The van der Waals surface area contributed by atoms with Gasteiger partial charge < -0.3 is 10.1 Å². The molecule has 0 aliphatic carbocycles. The maximum Gasteiger partial charge on any atom is 0.262 e. The number of hydrogen-bond acceptors (Lipinski definition) is 4. The highest BCUT2D eigenvalue weighted by atomic mass is 32.2. The summed E-state index contributed by atoms with van der Waals surface area (Å²) in [6.45, 7) is 16.2. The van der Waals surface area contributed by atoms with Crippen LogP contribution in [0.4, 0.5) is 5.69 Å². The van der Waals surface area contributed by atoms with Gasteiger partial charge in [-0.05, 0) is 66.1 Å². The third-order valence-electron chi connectivity index (χ3n) is 4.85. The zero-order valence-electron chi connectivity index (χ0n) is 20.4. The number of sulfonamides is 1. The quantitative estimate of drug-likeness (QED) is 0.610. The lowest BCUT2D eigenvalue weighted by Crippen LogP contribution is -2.30. The van der Waals surface area contributed by atoms with Crippen molar-refractivity contribution < 1.29 is 17.9 Å². The summed E-state index contributed by atoms with van der Waals surface area (Å²) < 4.78 is 32.8. The Kier molecular flexibility index (Phi) is 7.79. The standard InChI is InChI=1S/C25H36N2O4S/c1-17(2)27-32(29,30)20-12-10-19(11-13-20)26-23(28)16-31-22-14-9-18(24(3,4)5)15-21(22)25(6,7)8/h9-15,17,27H,16H2,1-8H3,(H,26,28). The van der Waals surface area contributed by atoms with E-state index < -0.39 is 10.0 Å². The van der Waals surface area contributed by atoms with Crippen molar-refractivity contribution in [2.45, 2.75) is 77.2 Å². The molecule has 1 amide bonds. The minimum atomic E-state index is -3.57. The molecule has 2 rings (SSSR count). The molecule has 2 N–H and O–H groups in total. The van der Waals surface area contributed by atoms with E-state index in [-0.39, 0.29) is 34.3 Å². The van der Waals surface area contributed by atoms with E-state index in [1.54, 1.807) is 26.0 Å². The molecule has 0 atom stereocenters. The van der Waals surface area contributed by atoms with Crippen LogP contribution >= 0.6 is 0 Å². The minimum absolute atomic E-state index is 0.0141. The highest BCUT2D eigenvalue weighted by Gasteiger charge is 2.23. The Bertz CT molecular complexity index is 1040. The summed E-state index contributed by atoms with van der Waals surface area (Å²) in [7, 11) is -3.57. The van der Waals surface area contributed by atoms with Gasteiger partial charge in [0.15, 0.2) is 6.61 Å². The fourth-order valence-electron chi connectivity index (χ4n) is 3.14. The number of benzene rings is 2. The van der Waals surface area contributed by atoms with Gasteiger partial charge in [-0.2, -0.15) is 0 Å². The Hall–Kier alpha value is -2.38. The summed E-state index contributed by atoms with van der Waals surface area (Å²) >= 11 is 0. The Labute approximate surface area is 192 Å². The van der Waals surface area contributed by atoms with E-state index in [9.17, 15) is 13.2 Å². The summed E-state index contributed by atoms with van der Waals surface area (Å²) in [5.41, 5.74) is 2.63. The molecule has 0 fully saturated rings. The first-order valence-corrected chi connectivity index (χ1v) is 12.3. The van der Waals surface area contributed by atoms with E-state index in [1.165, 1.54) is 17.7 Å². The zero-order chi connectivity index (χ0) is 24.3. The van der Waals surface area contributed by atoms with Crippen LogP contribution < -0.4 is 14.8 Å². The van der Waals surface area contributed by atoms with Crippen LogP contribution in [0.25, 0.3) is 0 Å². The molecule has 0 heterocycles. The summed E-state index contributed by atoms with van der Waals surface area (Å²) in [6, 6.07) is 12.0. The second kappa shape index (κ2) is 9.63. The molecule has 0 unspecified atom stereocenters. The van der Waals surface area contributed by atoms with Crippen LogP contribution in [0.3, 0.4) is 0 Å². The molecule has 0 aliphatic rings. The Balaban J connectivity index is 2.09. The van der Waals surface area contributed by atoms with Gasteiger partial charge in [0.25, 0.3) is 5.91 Å². The molecule has 2 aromatic rings. The molecule has 176 valence electrons. The molecular formula is C25H36N2O4S. The first-order valence-electron chi connectivity index (χ1n) is 10.8. The smallest absolute Gasteiger partial charge is 0.262 e. The van der Waals surface area contributed by atoms with Crippen LogP contribution in [0.5, 0.6) is 5.75 Å². The van der Waals surface area contributed by atoms with E-state index in [1.807, 2.05) is 12.1 Å². The molecule has 0 saturated heterocycles.